The molecule has 0 amide bonds. The number of hydrogen-bond donors (Lipinski definition) is 0. The highest BCUT2D eigenvalue weighted by Gasteiger charge is 1.98. The van der Waals surface area contributed by atoms with Crippen molar-refractivity contribution in [3.05, 3.63) is 12.8 Å². The third-order valence-electron chi connectivity index (χ3n) is 7.95. The number of unbranched alkanes of at least 4 members (excludes halogenated alkanes) is 15. The Bertz CT molecular complexity index is 615. The monoisotopic (exact) mass is 737 g/mol. The van der Waals surface area contributed by atoms with Crippen molar-refractivity contribution in [2.24, 2.45) is 0 Å². The van der Waals surface area contributed by atoms with Crippen LogP contribution in [0.25, 0.3) is 0 Å². The standard InChI is InChI=1S/C40H80O11/c1-3-5-6-7-8-9-10-11-12-13-14-15-16-17-18-19-20-42-23-24-44-27-28-46-31-32-48-35-36-50-39-40-51-38-37-49-34-33-47-30-29-45-26-25-43-22-21-41-4-2/h4H,2-3,5-40H2,1H3. The maximum atomic E-state index is 5.69. The van der Waals surface area contributed by atoms with Crippen LogP contribution in [0.15, 0.2) is 12.8 Å². The highest BCUT2D eigenvalue weighted by atomic mass is 16.6. The van der Waals surface area contributed by atoms with Crippen LogP contribution in [0.3, 0.4) is 0 Å². The molecule has 0 atom stereocenters. The van der Waals surface area contributed by atoms with Crippen LogP contribution in [-0.2, 0) is 52.1 Å². The quantitative estimate of drug-likeness (QED) is 0.0457. The Morgan fingerprint density at radius 2 is 0.451 bits per heavy atom. The molecule has 0 aliphatic rings. The van der Waals surface area contributed by atoms with Crippen LogP contribution in [-0.4, -0.2) is 139 Å². The van der Waals surface area contributed by atoms with Gasteiger partial charge < -0.3 is 52.1 Å². The molecule has 0 saturated heterocycles. The average Bonchev–Trinajstić information content (AvgIpc) is 3.14. The molecule has 306 valence electrons. The van der Waals surface area contributed by atoms with Crippen LogP contribution in [0.1, 0.15) is 110 Å². The Morgan fingerprint density at radius 1 is 0.255 bits per heavy atom. The minimum atomic E-state index is 0.506. The molecule has 11 nitrogen and oxygen atoms in total. The predicted octanol–water partition coefficient (Wildman–Crippen LogP) is 7.57. The third-order valence-corrected chi connectivity index (χ3v) is 7.95. The maximum absolute atomic E-state index is 5.69. The van der Waals surface area contributed by atoms with E-state index in [-0.39, 0.29) is 0 Å². The Hall–Kier alpha value is -0.860. The van der Waals surface area contributed by atoms with Gasteiger partial charge in [-0.05, 0) is 6.42 Å². The van der Waals surface area contributed by atoms with Gasteiger partial charge in [0.1, 0.15) is 6.61 Å². The summed E-state index contributed by atoms with van der Waals surface area (Å²) >= 11 is 0. The van der Waals surface area contributed by atoms with Crippen molar-refractivity contribution < 1.29 is 52.1 Å². The molecule has 0 aliphatic heterocycles. The molecule has 0 bridgehead atoms. The van der Waals surface area contributed by atoms with E-state index >= 15 is 0 Å². The molecule has 0 aliphatic carbocycles. The molecule has 0 heterocycles. The van der Waals surface area contributed by atoms with E-state index in [1.54, 1.807) is 0 Å². The Kier molecular flexibility index (Phi) is 48.3. The lowest BCUT2D eigenvalue weighted by atomic mass is 10.0. The second kappa shape index (κ2) is 49.1. The fourth-order valence-electron chi connectivity index (χ4n) is 5.02. The lowest BCUT2D eigenvalue weighted by molar-refractivity contribution is -0.0269. The van der Waals surface area contributed by atoms with Crippen LogP contribution < -0.4 is 0 Å². The molecule has 0 unspecified atom stereocenters. The highest BCUT2D eigenvalue weighted by Crippen LogP contribution is 2.13. The molecule has 0 aromatic heterocycles. The summed E-state index contributed by atoms with van der Waals surface area (Å²) in [5.41, 5.74) is 0. The third kappa shape index (κ3) is 49.1. The first-order valence-corrected chi connectivity index (χ1v) is 20.4. The fourth-order valence-corrected chi connectivity index (χ4v) is 5.02. The zero-order valence-electron chi connectivity index (χ0n) is 32.9. The zero-order chi connectivity index (χ0) is 36.6. The second-order valence-corrected chi connectivity index (χ2v) is 12.5. The molecule has 11 heteroatoms. The average molecular weight is 737 g/mol. The van der Waals surface area contributed by atoms with Gasteiger partial charge in [-0.15, -0.1) is 0 Å². The molecule has 0 N–H and O–H groups in total. The lowest BCUT2D eigenvalue weighted by Gasteiger charge is -2.09. The van der Waals surface area contributed by atoms with E-state index in [0.29, 0.717) is 132 Å². The Balaban J connectivity index is 3.04. The largest absolute Gasteiger partial charge is 0.499 e. The topological polar surface area (TPSA) is 102 Å². The summed E-state index contributed by atoms with van der Waals surface area (Å²) in [5.74, 6) is 0. The second-order valence-electron chi connectivity index (χ2n) is 12.5. The van der Waals surface area contributed by atoms with Crippen molar-refractivity contribution in [1.29, 1.82) is 0 Å². The number of hydrogen-bond acceptors (Lipinski definition) is 11. The molecule has 0 saturated carbocycles. The first-order valence-electron chi connectivity index (χ1n) is 20.4. The highest BCUT2D eigenvalue weighted by molar-refractivity contribution is 4.50. The molecule has 51 heavy (non-hydrogen) atoms. The summed E-state index contributed by atoms with van der Waals surface area (Å²) in [4.78, 5) is 0. The van der Waals surface area contributed by atoms with Gasteiger partial charge in [-0.2, -0.15) is 0 Å². The molecule has 0 spiro atoms. The Labute approximate surface area is 313 Å². The molecular formula is C40H80O11. The van der Waals surface area contributed by atoms with E-state index < -0.39 is 0 Å². The minimum absolute atomic E-state index is 0.506. The first-order chi connectivity index (χ1) is 25.4. The van der Waals surface area contributed by atoms with Crippen molar-refractivity contribution in [2.75, 3.05) is 139 Å². The number of rotatable bonds is 48. The van der Waals surface area contributed by atoms with Crippen LogP contribution in [0, 0.1) is 0 Å². The summed E-state index contributed by atoms with van der Waals surface area (Å²) in [6.45, 7) is 17.4. The Morgan fingerprint density at radius 3 is 0.686 bits per heavy atom. The van der Waals surface area contributed by atoms with E-state index in [9.17, 15) is 0 Å². The summed E-state index contributed by atoms with van der Waals surface area (Å²) < 4.78 is 60.0. The molecule has 0 aromatic rings. The van der Waals surface area contributed by atoms with Gasteiger partial charge in [0.05, 0.1) is 132 Å². The van der Waals surface area contributed by atoms with Crippen molar-refractivity contribution in [2.45, 2.75) is 110 Å². The summed E-state index contributed by atoms with van der Waals surface area (Å²) in [5, 5.41) is 0. The zero-order valence-corrected chi connectivity index (χ0v) is 32.9. The van der Waals surface area contributed by atoms with Crippen LogP contribution in [0.4, 0.5) is 0 Å². The van der Waals surface area contributed by atoms with E-state index in [2.05, 4.69) is 13.5 Å². The van der Waals surface area contributed by atoms with Gasteiger partial charge in [-0.1, -0.05) is 110 Å². The smallest absolute Gasteiger partial charge is 0.111 e. The van der Waals surface area contributed by atoms with Gasteiger partial charge in [-0.25, -0.2) is 0 Å². The van der Waals surface area contributed by atoms with Crippen molar-refractivity contribution in [3.8, 4) is 0 Å². The van der Waals surface area contributed by atoms with Gasteiger partial charge in [-0.3, -0.25) is 0 Å². The molecular weight excluding hydrogens is 656 g/mol. The first kappa shape index (κ1) is 50.1. The normalized spacial score (nSPS) is 11.5. The van der Waals surface area contributed by atoms with Crippen molar-refractivity contribution in [1.82, 2.24) is 0 Å². The summed E-state index contributed by atoms with van der Waals surface area (Å²) in [6, 6.07) is 0. The van der Waals surface area contributed by atoms with Gasteiger partial charge >= 0.3 is 0 Å². The number of ether oxygens (including phenoxy) is 11. The van der Waals surface area contributed by atoms with Gasteiger partial charge in [0.2, 0.25) is 0 Å². The summed E-state index contributed by atoms with van der Waals surface area (Å²) in [6.07, 6.45) is 23.6. The van der Waals surface area contributed by atoms with E-state index in [0.717, 1.165) is 13.0 Å². The molecule has 0 radical (unpaired) electrons. The molecule has 0 rings (SSSR count). The van der Waals surface area contributed by atoms with Gasteiger partial charge in [0.15, 0.2) is 0 Å². The summed E-state index contributed by atoms with van der Waals surface area (Å²) in [7, 11) is 0. The van der Waals surface area contributed by atoms with Gasteiger partial charge in [0, 0.05) is 6.61 Å². The van der Waals surface area contributed by atoms with Gasteiger partial charge in [0.25, 0.3) is 0 Å². The molecule has 0 aromatic carbocycles. The van der Waals surface area contributed by atoms with Crippen molar-refractivity contribution in [3.63, 3.8) is 0 Å². The van der Waals surface area contributed by atoms with Crippen molar-refractivity contribution >= 4 is 0 Å². The maximum Gasteiger partial charge on any atom is 0.111 e. The minimum Gasteiger partial charge on any atom is -0.499 e. The SMILES string of the molecule is C=COCCOCCOCCOCCOCCOCCOCCOCCOCCOCCOCCCCCCCCCCCCCCCCCC. The van der Waals surface area contributed by atoms with Crippen LogP contribution in [0.5, 0.6) is 0 Å². The van der Waals surface area contributed by atoms with Crippen LogP contribution >= 0.6 is 0 Å². The lowest BCUT2D eigenvalue weighted by Crippen LogP contribution is -2.15. The predicted molar refractivity (Wildman–Crippen MR) is 204 cm³/mol. The van der Waals surface area contributed by atoms with E-state index in [1.165, 1.54) is 103 Å². The van der Waals surface area contributed by atoms with E-state index in [4.69, 9.17) is 52.1 Å². The molecule has 0 fully saturated rings. The fraction of sp³-hybridized carbons (Fsp3) is 0.950. The van der Waals surface area contributed by atoms with Crippen LogP contribution in [0.2, 0.25) is 0 Å². The van der Waals surface area contributed by atoms with E-state index in [1.807, 2.05) is 0 Å².